The third kappa shape index (κ3) is 4.34. The summed E-state index contributed by atoms with van der Waals surface area (Å²) in [5, 5.41) is 4.20. The smallest absolute Gasteiger partial charge is 0.174 e. The molecule has 1 fully saturated rings. The van der Waals surface area contributed by atoms with Gasteiger partial charge in [0.1, 0.15) is 5.75 Å². The minimum atomic E-state index is -0.0723. The Morgan fingerprint density at radius 3 is 2.36 bits per heavy atom. The van der Waals surface area contributed by atoms with Gasteiger partial charge in [-0.2, -0.15) is 0 Å². The molecule has 2 aromatic heterocycles. The third-order valence-corrected chi connectivity index (χ3v) is 6.01. The fourth-order valence-corrected chi connectivity index (χ4v) is 4.62. The molecular weight excluding hydrogens is 428 g/mol. The van der Waals surface area contributed by atoms with Crippen molar-refractivity contribution >= 4 is 23.0 Å². The Balaban J connectivity index is 1.55. The van der Waals surface area contributed by atoms with Crippen molar-refractivity contribution in [2.24, 2.45) is 0 Å². The van der Waals surface area contributed by atoms with Gasteiger partial charge >= 0.3 is 0 Å². The second-order valence-corrected chi connectivity index (χ2v) is 8.73. The summed E-state index contributed by atoms with van der Waals surface area (Å²) in [6.07, 6.45) is 6.23. The van der Waals surface area contributed by atoms with Gasteiger partial charge in [-0.15, -0.1) is 0 Å². The maximum atomic E-state index is 5.83. The van der Waals surface area contributed by atoms with Gasteiger partial charge in [0.15, 0.2) is 5.11 Å². The molecule has 0 amide bonds. The molecule has 0 spiro atoms. The zero-order valence-corrected chi connectivity index (χ0v) is 19.4. The number of para-hydroxylation sites is 1. The number of thiocarbonyl (C=S) groups is 1. The molecule has 1 saturated heterocycles. The van der Waals surface area contributed by atoms with Crippen LogP contribution >= 0.6 is 12.2 Å². The number of benzene rings is 2. The van der Waals surface area contributed by atoms with Crippen LogP contribution in [0, 0.1) is 0 Å². The Kier molecular flexibility index (Phi) is 5.84. The van der Waals surface area contributed by atoms with E-state index in [1.165, 1.54) is 0 Å². The lowest BCUT2D eigenvalue weighted by molar-refractivity contribution is 0.242. The summed E-state index contributed by atoms with van der Waals surface area (Å²) in [6, 6.07) is 26.5. The van der Waals surface area contributed by atoms with Crippen molar-refractivity contribution in [3.8, 4) is 11.4 Å². The SMILES string of the molecule is CC(C)Oc1ccc(N2C(=S)N[C@H](c3ccccn3)[C@@H]2c2ccn(-c3ccccc3)c2)cc1. The number of nitrogens with zero attached hydrogens (tertiary/aromatic N) is 3. The van der Waals surface area contributed by atoms with Gasteiger partial charge in [-0.25, -0.2) is 0 Å². The van der Waals surface area contributed by atoms with E-state index < -0.39 is 0 Å². The first-order valence-corrected chi connectivity index (χ1v) is 11.5. The fraction of sp³-hybridized carbons (Fsp3) is 0.185. The van der Waals surface area contributed by atoms with Crippen LogP contribution in [0.4, 0.5) is 5.69 Å². The van der Waals surface area contributed by atoms with Gasteiger partial charge in [-0.1, -0.05) is 24.3 Å². The zero-order chi connectivity index (χ0) is 22.8. The second kappa shape index (κ2) is 9.08. The lowest BCUT2D eigenvalue weighted by Crippen LogP contribution is -2.29. The second-order valence-electron chi connectivity index (χ2n) is 8.34. The van der Waals surface area contributed by atoms with E-state index in [2.05, 4.69) is 62.5 Å². The van der Waals surface area contributed by atoms with E-state index in [1.54, 1.807) is 0 Å². The molecule has 166 valence electrons. The highest BCUT2D eigenvalue weighted by molar-refractivity contribution is 7.80. The highest BCUT2D eigenvalue weighted by Crippen LogP contribution is 2.42. The highest BCUT2D eigenvalue weighted by Gasteiger charge is 2.41. The molecular formula is C27H26N4OS. The van der Waals surface area contributed by atoms with Crippen molar-refractivity contribution in [2.45, 2.75) is 32.0 Å². The standard InChI is InChI=1S/C27H26N4OS/c1-19(2)32-23-13-11-22(12-14-23)31-26(25(29-27(31)33)24-10-6-7-16-28-24)20-15-17-30(18-20)21-8-4-3-5-9-21/h3-19,25-26H,1-2H3,(H,29,33)/t25-,26+/m1/s1. The van der Waals surface area contributed by atoms with Gasteiger partial charge in [0, 0.05) is 30.0 Å². The molecule has 3 heterocycles. The zero-order valence-electron chi connectivity index (χ0n) is 18.6. The first-order valence-electron chi connectivity index (χ1n) is 11.1. The normalized spacial score (nSPS) is 17.9. The Morgan fingerprint density at radius 2 is 1.67 bits per heavy atom. The van der Waals surface area contributed by atoms with Gasteiger partial charge < -0.3 is 19.5 Å². The molecule has 0 saturated carbocycles. The third-order valence-electron chi connectivity index (χ3n) is 5.70. The van der Waals surface area contributed by atoms with Crippen molar-refractivity contribution in [1.82, 2.24) is 14.9 Å². The summed E-state index contributed by atoms with van der Waals surface area (Å²) in [6.45, 7) is 4.05. The highest BCUT2D eigenvalue weighted by atomic mass is 32.1. The molecule has 4 aromatic rings. The van der Waals surface area contributed by atoms with E-state index in [4.69, 9.17) is 17.0 Å². The molecule has 5 rings (SSSR count). The summed E-state index contributed by atoms with van der Waals surface area (Å²) in [5.74, 6) is 0.847. The van der Waals surface area contributed by atoms with Crippen LogP contribution in [0.25, 0.3) is 5.69 Å². The molecule has 0 aliphatic carbocycles. The van der Waals surface area contributed by atoms with E-state index >= 15 is 0 Å². The van der Waals surface area contributed by atoms with Gasteiger partial charge in [0.05, 0.1) is 23.9 Å². The lowest BCUT2D eigenvalue weighted by atomic mass is 9.98. The molecule has 33 heavy (non-hydrogen) atoms. The molecule has 2 atom stereocenters. The minimum absolute atomic E-state index is 0.0470. The first-order chi connectivity index (χ1) is 16.1. The van der Waals surface area contributed by atoms with Gasteiger partial charge in [-0.3, -0.25) is 4.98 Å². The van der Waals surface area contributed by atoms with E-state index in [1.807, 2.05) is 68.6 Å². The molecule has 0 unspecified atom stereocenters. The number of anilines is 1. The van der Waals surface area contributed by atoms with Crippen LogP contribution in [0.1, 0.15) is 37.2 Å². The maximum absolute atomic E-state index is 5.83. The van der Waals surface area contributed by atoms with Crippen LogP contribution in [-0.2, 0) is 0 Å². The summed E-state index contributed by atoms with van der Waals surface area (Å²) >= 11 is 5.83. The van der Waals surface area contributed by atoms with Crippen molar-refractivity contribution in [2.75, 3.05) is 4.90 Å². The minimum Gasteiger partial charge on any atom is -0.491 e. The number of pyridine rings is 1. The Bertz CT molecular complexity index is 1220. The largest absolute Gasteiger partial charge is 0.491 e. The van der Waals surface area contributed by atoms with Crippen LogP contribution in [0.5, 0.6) is 5.75 Å². The lowest BCUT2D eigenvalue weighted by Gasteiger charge is -2.27. The van der Waals surface area contributed by atoms with Crippen LogP contribution in [0.2, 0.25) is 0 Å². The molecule has 2 aromatic carbocycles. The predicted octanol–water partition coefficient (Wildman–Crippen LogP) is 5.84. The van der Waals surface area contributed by atoms with E-state index in [0.29, 0.717) is 5.11 Å². The number of aromatic nitrogens is 2. The quantitative estimate of drug-likeness (QED) is 0.371. The predicted molar refractivity (Wildman–Crippen MR) is 136 cm³/mol. The average Bonchev–Trinajstić information content (AvgIpc) is 3.45. The van der Waals surface area contributed by atoms with E-state index in [9.17, 15) is 0 Å². The number of hydrogen-bond donors (Lipinski definition) is 1. The number of ether oxygens (including phenoxy) is 1. The molecule has 5 nitrogen and oxygen atoms in total. The number of hydrogen-bond acceptors (Lipinski definition) is 3. The number of nitrogens with one attached hydrogen (secondary N) is 1. The maximum Gasteiger partial charge on any atom is 0.174 e. The van der Waals surface area contributed by atoms with Crippen molar-refractivity contribution in [3.05, 3.63) is 109 Å². The average molecular weight is 455 g/mol. The molecule has 0 radical (unpaired) electrons. The Labute approximate surface area is 199 Å². The monoisotopic (exact) mass is 454 g/mol. The topological polar surface area (TPSA) is 42.3 Å². The van der Waals surface area contributed by atoms with Crippen molar-refractivity contribution < 1.29 is 4.74 Å². The first kappa shape index (κ1) is 21.2. The van der Waals surface area contributed by atoms with Crippen molar-refractivity contribution in [3.63, 3.8) is 0 Å². The molecule has 1 aliphatic rings. The molecule has 0 bridgehead atoms. The Morgan fingerprint density at radius 1 is 0.909 bits per heavy atom. The molecule has 1 N–H and O–H groups in total. The van der Waals surface area contributed by atoms with Crippen LogP contribution < -0.4 is 15.0 Å². The van der Waals surface area contributed by atoms with E-state index in [-0.39, 0.29) is 18.2 Å². The van der Waals surface area contributed by atoms with Crippen LogP contribution in [-0.4, -0.2) is 20.8 Å². The van der Waals surface area contributed by atoms with Gasteiger partial charge in [0.2, 0.25) is 0 Å². The summed E-state index contributed by atoms with van der Waals surface area (Å²) in [7, 11) is 0. The molecule has 1 aliphatic heterocycles. The van der Waals surface area contributed by atoms with Crippen LogP contribution in [0.3, 0.4) is 0 Å². The van der Waals surface area contributed by atoms with Crippen molar-refractivity contribution in [1.29, 1.82) is 0 Å². The van der Waals surface area contributed by atoms with Gasteiger partial charge in [-0.05, 0) is 86.2 Å². The van der Waals surface area contributed by atoms with E-state index in [0.717, 1.165) is 28.4 Å². The Hall–Kier alpha value is -3.64. The summed E-state index contributed by atoms with van der Waals surface area (Å²) < 4.78 is 7.98. The summed E-state index contributed by atoms with van der Waals surface area (Å²) in [5.41, 5.74) is 4.25. The fourth-order valence-electron chi connectivity index (χ4n) is 4.28. The van der Waals surface area contributed by atoms with Gasteiger partial charge in [0.25, 0.3) is 0 Å². The summed E-state index contributed by atoms with van der Waals surface area (Å²) in [4.78, 5) is 6.81. The van der Waals surface area contributed by atoms with Crippen LogP contribution in [0.15, 0.2) is 97.5 Å². The number of rotatable bonds is 6. The molecule has 6 heteroatoms.